The molecule has 0 heterocycles. The van der Waals surface area contributed by atoms with Gasteiger partial charge in [-0.15, -0.1) is 0 Å². The van der Waals surface area contributed by atoms with Gasteiger partial charge in [0.25, 0.3) is 0 Å². The van der Waals surface area contributed by atoms with Gasteiger partial charge >= 0.3 is 0 Å². The minimum absolute atomic E-state index is 0.252. The molecular formula is C11H24N+. The van der Waals surface area contributed by atoms with E-state index in [9.17, 15) is 0 Å². The van der Waals surface area contributed by atoms with Gasteiger partial charge in [0.1, 0.15) is 12.8 Å². The zero-order valence-corrected chi connectivity index (χ0v) is 9.73. The molecule has 0 aliphatic rings. The summed E-state index contributed by atoms with van der Waals surface area (Å²) in [6.07, 6.45) is 2.33. The summed E-state index contributed by atoms with van der Waals surface area (Å²) in [7, 11) is 0. The molecular weight excluding hydrogens is 146 g/mol. The van der Waals surface area contributed by atoms with Gasteiger partial charge in [0.15, 0.2) is 5.54 Å². The summed E-state index contributed by atoms with van der Waals surface area (Å²) in [5, 5.41) is 0. The highest BCUT2D eigenvalue weighted by molar-refractivity contribution is 5.58. The summed E-state index contributed by atoms with van der Waals surface area (Å²) < 4.78 is 2.40. The summed E-state index contributed by atoms with van der Waals surface area (Å²) in [5.74, 6) is 0. The third-order valence-corrected chi connectivity index (χ3v) is 1.75. The van der Waals surface area contributed by atoms with Crippen LogP contribution in [0.3, 0.4) is 0 Å². The Labute approximate surface area is 77.5 Å². The van der Waals surface area contributed by atoms with Gasteiger partial charge in [0.2, 0.25) is 0 Å². The van der Waals surface area contributed by atoms with E-state index in [1.165, 1.54) is 0 Å². The SMILES string of the molecule is CC/[N+](=C/C(C)(C)C)C(C)(C)C. The fourth-order valence-electron chi connectivity index (χ4n) is 1.23. The van der Waals surface area contributed by atoms with Gasteiger partial charge in [-0.1, -0.05) is 20.8 Å². The fourth-order valence-corrected chi connectivity index (χ4v) is 1.23. The molecule has 0 unspecified atom stereocenters. The van der Waals surface area contributed by atoms with Crippen LogP contribution in [-0.2, 0) is 0 Å². The van der Waals surface area contributed by atoms with Crippen LogP contribution in [0.1, 0.15) is 48.5 Å². The van der Waals surface area contributed by atoms with Gasteiger partial charge in [-0.25, -0.2) is 4.58 Å². The van der Waals surface area contributed by atoms with Gasteiger partial charge in [0.05, 0.1) is 0 Å². The maximum Gasteiger partial charge on any atom is 0.153 e. The van der Waals surface area contributed by atoms with Crippen molar-refractivity contribution >= 4 is 6.21 Å². The number of rotatable bonds is 1. The Balaban J connectivity index is 4.68. The van der Waals surface area contributed by atoms with Crippen LogP contribution in [0.25, 0.3) is 0 Å². The van der Waals surface area contributed by atoms with Gasteiger partial charge in [0, 0.05) is 5.41 Å². The molecule has 0 aromatic heterocycles. The van der Waals surface area contributed by atoms with E-state index in [-0.39, 0.29) is 11.0 Å². The fraction of sp³-hybridized carbons (Fsp3) is 0.909. The lowest BCUT2D eigenvalue weighted by Crippen LogP contribution is -2.36. The summed E-state index contributed by atoms with van der Waals surface area (Å²) >= 11 is 0. The molecule has 0 saturated carbocycles. The van der Waals surface area contributed by atoms with Crippen LogP contribution in [0.4, 0.5) is 0 Å². The maximum absolute atomic E-state index is 2.40. The van der Waals surface area contributed by atoms with E-state index in [1.807, 2.05) is 0 Å². The molecule has 0 bridgehead atoms. The predicted octanol–water partition coefficient (Wildman–Crippen LogP) is 2.93. The second kappa shape index (κ2) is 3.59. The zero-order chi connectivity index (χ0) is 9.99. The van der Waals surface area contributed by atoms with E-state index in [0.717, 1.165) is 6.54 Å². The molecule has 0 aliphatic carbocycles. The molecule has 0 aliphatic heterocycles. The van der Waals surface area contributed by atoms with E-state index in [1.54, 1.807) is 0 Å². The average molecular weight is 170 g/mol. The lowest BCUT2D eigenvalue weighted by atomic mass is 9.97. The van der Waals surface area contributed by atoms with E-state index in [4.69, 9.17) is 0 Å². The highest BCUT2D eigenvalue weighted by Crippen LogP contribution is 2.13. The van der Waals surface area contributed by atoms with Crippen LogP contribution in [0, 0.1) is 5.41 Å². The van der Waals surface area contributed by atoms with Crippen LogP contribution < -0.4 is 0 Å². The van der Waals surface area contributed by atoms with Crippen molar-refractivity contribution < 1.29 is 4.58 Å². The standard InChI is InChI=1S/C11H24N/c1-8-12(11(5,6)7)9-10(2,3)4/h9H,8H2,1-7H3/q+1/b12-9-. The maximum atomic E-state index is 2.40. The van der Waals surface area contributed by atoms with Gasteiger partial charge in [-0.2, -0.15) is 0 Å². The normalized spacial score (nSPS) is 15.1. The second-order valence-electron chi connectivity index (χ2n) is 5.45. The summed E-state index contributed by atoms with van der Waals surface area (Å²) in [5.41, 5.74) is 0.533. The Morgan fingerprint density at radius 3 is 1.50 bits per heavy atom. The summed E-state index contributed by atoms with van der Waals surface area (Å²) in [6, 6.07) is 0. The number of hydrogen-bond donors (Lipinski definition) is 0. The highest BCUT2D eigenvalue weighted by Gasteiger charge is 2.24. The minimum Gasteiger partial charge on any atom is -0.235 e. The Hall–Kier alpha value is -0.330. The van der Waals surface area contributed by atoms with Crippen molar-refractivity contribution in [1.29, 1.82) is 0 Å². The molecule has 0 radical (unpaired) electrons. The van der Waals surface area contributed by atoms with Gasteiger partial charge < -0.3 is 0 Å². The summed E-state index contributed by atoms with van der Waals surface area (Å²) in [4.78, 5) is 0. The Morgan fingerprint density at radius 2 is 1.42 bits per heavy atom. The average Bonchev–Trinajstić information content (AvgIpc) is 1.78. The van der Waals surface area contributed by atoms with Crippen molar-refractivity contribution in [3.05, 3.63) is 0 Å². The topological polar surface area (TPSA) is 3.01 Å². The van der Waals surface area contributed by atoms with E-state index < -0.39 is 0 Å². The molecule has 0 rings (SSSR count). The molecule has 0 spiro atoms. The monoisotopic (exact) mass is 170 g/mol. The summed E-state index contributed by atoms with van der Waals surface area (Å²) in [6.45, 7) is 16.7. The molecule has 0 aromatic rings. The first-order chi connectivity index (χ1) is 5.17. The van der Waals surface area contributed by atoms with Crippen LogP contribution in [0.5, 0.6) is 0 Å². The third kappa shape index (κ3) is 4.53. The molecule has 0 aromatic carbocycles. The van der Waals surface area contributed by atoms with Crippen LogP contribution in [0.2, 0.25) is 0 Å². The Morgan fingerprint density at radius 1 is 1.00 bits per heavy atom. The molecule has 0 fully saturated rings. The van der Waals surface area contributed by atoms with Crippen molar-refractivity contribution in [2.45, 2.75) is 54.0 Å². The van der Waals surface area contributed by atoms with E-state index in [2.05, 4.69) is 59.3 Å². The van der Waals surface area contributed by atoms with Crippen LogP contribution >= 0.6 is 0 Å². The quantitative estimate of drug-likeness (QED) is 0.420. The van der Waals surface area contributed by atoms with Crippen molar-refractivity contribution in [2.75, 3.05) is 6.54 Å². The van der Waals surface area contributed by atoms with Crippen molar-refractivity contribution in [2.24, 2.45) is 5.41 Å². The highest BCUT2D eigenvalue weighted by atomic mass is 15.1. The van der Waals surface area contributed by atoms with Crippen molar-refractivity contribution in [3.63, 3.8) is 0 Å². The van der Waals surface area contributed by atoms with E-state index >= 15 is 0 Å². The Kier molecular flexibility index (Phi) is 3.49. The number of nitrogens with zero attached hydrogens (tertiary/aromatic N) is 1. The molecule has 1 heteroatoms. The van der Waals surface area contributed by atoms with Crippen LogP contribution in [0.15, 0.2) is 0 Å². The first-order valence-corrected chi connectivity index (χ1v) is 4.79. The molecule has 0 amide bonds. The predicted molar refractivity (Wildman–Crippen MR) is 56.1 cm³/mol. The third-order valence-electron chi connectivity index (χ3n) is 1.75. The van der Waals surface area contributed by atoms with Crippen molar-refractivity contribution in [1.82, 2.24) is 0 Å². The largest absolute Gasteiger partial charge is 0.235 e. The van der Waals surface area contributed by atoms with Gasteiger partial charge in [-0.3, -0.25) is 0 Å². The minimum atomic E-state index is 0.252. The molecule has 12 heavy (non-hydrogen) atoms. The first kappa shape index (κ1) is 11.7. The molecule has 0 atom stereocenters. The lowest BCUT2D eigenvalue weighted by Gasteiger charge is -2.20. The lowest BCUT2D eigenvalue weighted by molar-refractivity contribution is -0.592. The molecule has 0 saturated heterocycles. The zero-order valence-electron chi connectivity index (χ0n) is 9.73. The first-order valence-electron chi connectivity index (χ1n) is 4.79. The van der Waals surface area contributed by atoms with Gasteiger partial charge in [-0.05, 0) is 27.7 Å². The molecule has 72 valence electrons. The number of hydrogen-bond acceptors (Lipinski definition) is 0. The molecule has 1 nitrogen and oxygen atoms in total. The van der Waals surface area contributed by atoms with E-state index in [0.29, 0.717) is 0 Å². The second-order valence-corrected chi connectivity index (χ2v) is 5.45. The van der Waals surface area contributed by atoms with Crippen LogP contribution in [-0.4, -0.2) is 22.9 Å². The Bertz CT molecular complexity index is 164. The smallest absolute Gasteiger partial charge is 0.153 e. The molecule has 0 N–H and O–H groups in total. The van der Waals surface area contributed by atoms with Crippen molar-refractivity contribution in [3.8, 4) is 0 Å².